The molecule has 0 saturated heterocycles. The number of unbranched alkanes of at least 4 members (excludes halogenated alkanes) is 14. The van der Waals surface area contributed by atoms with E-state index in [-0.39, 0.29) is 37.7 Å². The average molecular weight is 1290 g/mol. The minimum atomic E-state index is -0.422. The van der Waals surface area contributed by atoms with Crippen molar-refractivity contribution in [2.24, 2.45) is 0 Å². The van der Waals surface area contributed by atoms with Crippen LogP contribution >= 0.6 is 0 Å². The van der Waals surface area contributed by atoms with E-state index in [1.165, 1.54) is 0 Å². The van der Waals surface area contributed by atoms with E-state index in [0.29, 0.717) is 96.6 Å². The predicted octanol–water partition coefficient (Wildman–Crippen LogP) is 19.9. The molecule has 8 bridgehead atoms. The molecule has 8 N–H and O–H groups in total. The summed E-state index contributed by atoms with van der Waals surface area (Å²) in [5.74, 6) is 2.63. The van der Waals surface area contributed by atoms with Crippen LogP contribution in [0.1, 0.15) is 226 Å². The molecule has 0 saturated carbocycles. The van der Waals surface area contributed by atoms with Crippen LogP contribution in [0.3, 0.4) is 0 Å². The second kappa shape index (κ2) is 40.0. The first-order valence-electron chi connectivity index (χ1n) is 35.3. The molecular formula is C78H108N8O8. The van der Waals surface area contributed by atoms with Gasteiger partial charge in [-0.15, -0.1) is 0 Å². The fourth-order valence-corrected chi connectivity index (χ4v) is 11.7. The lowest BCUT2D eigenvalue weighted by Gasteiger charge is -2.25. The third-order valence-electron chi connectivity index (χ3n) is 16.8. The van der Waals surface area contributed by atoms with E-state index in [1.54, 1.807) is 0 Å². The quantitative estimate of drug-likeness (QED) is 0.0177. The van der Waals surface area contributed by atoms with Crippen molar-refractivity contribution in [2.75, 3.05) is 71.4 Å². The zero-order chi connectivity index (χ0) is 66.9. The maximum Gasteiger partial charge on any atom is 0.323 e. The van der Waals surface area contributed by atoms with Crippen LogP contribution in [0.5, 0.6) is 23.0 Å². The standard InChI is InChI=1S/C78H108N8O8/c1-9-15-21-23-37-79-75(87)83-67-47-57-43-58-48-68(84-76(88)80-38-24-22-16-10-2)50-60(72(58)92-40-26-18-12-4)45-62-52-70(86-78(90)82-66-35-31-56(8)32-36-66)54-64(74(62)94-42-28-20-14-6)46-63-53-69(85-77(89)81-65-33-29-55(7)30-34-65)51-61(73(63)93-41-27-19-13-5)44-59(49-67)71(57)91-39-25-17-11-3/h29-36,47-54H,9-28,37-46H2,1-8H3,(H2,79,83,87)(H2,80,84,88)(H2,81,85,89)(H2,82,86,90). The molecule has 16 heteroatoms. The van der Waals surface area contributed by atoms with Crippen LogP contribution in [-0.2, 0) is 25.7 Å². The highest BCUT2D eigenvalue weighted by Crippen LogP contribution is 2.43. The van der Waals surface area contributed by atoms with Gasteiger partial charge in [-0.25, -0.2) is 19.2 Å². The van der Waals surface area contributed by atoms with Gasteiger partial charge < -0.3 is 61.5 Å². The Morgan fingerprint density at radius 3 is 0.755 bits per heavy atom. The van der Waals surface area contributed by atoms with Gasteiger partial charge >= 0.3 is 24.1 Å². The van der Waals surface area contributed by atoms with Crippen LogP contribution in [0.4, 0.5) is 53.3 Å². The maximum absolute atomic E-state index is 14.3. The number of carbonyl (C=O) groups excluding carboxylic acids is 4. The van der Waals surface area contributed by atoms with Gasteiger partial charge in [0.25, 0.3) is 0 Å². The van der Waals surface area contributed by atoms with E-state index in [9.17, 15) is 19.2 Å². The summed E-state index contributed by atoms with van der Waals surface area (Å²) < 4.78 is 28.5. The van der Waals surface area contributed by atoms with Gasteiger partial charge in [-0.2, -0.15) is 0 Å². The SMILES string of the molecule is CCCCCCNC(=O)Nc1cc2c(OCCCCC)c(c1)Cc1cc(NC(=O)Nc3ccc(C)cc3)cc(c1OCCCCC)Cc1cc(NC(=O)Nc3ccc(C)cc3)cc(c1OCCCCC)Cc1cc(NC(=O)NCCCCCC)cc(c1OCCCCC)C2. The van der Waals surface area contributed by atoms with Crippen molar-refractivity contribution in [1.29, 1.82) is 0 Å². The molecule has 1 aliphatic rings. The van der Waals surface area contributed by atoms with Crippen molar-refractivity contribution in [1.82, 2.24) is 10.6 Å². The Hall–Kier alpha value is -8.40. The fraction of sp³-hybridized carbons (Fsp3) is 0.487. The highest BCUT2D eigenvalue weighted by Gasteiger charge is 2.26. The summed E-state index contributed by atoms with van der Waals surface area (Å²) in [4.78, 5) is 56.8. The summed E-state index contributed by atoms with van der Waals surface area (Å²) in [7, 11) is 0. The highest BCUT2D eigenvalue weighted by atomic mass is 16.5. The molecule has 0 fully saturated rings. The summed E-state index contributed by atoms with van der Waals surface area (Å²) in [6.07, 6.45) is 20.2. The molecule has 0 aliphatic heterocycles. The molecule has 8 amide bonds. The molecule has 16 nitrogen and oxygen atoms in total. The summed E-state index contributed by atoms with van der Waals surface area (Å²) in [6.45, 7) is 19.8. The fourth-order valence-electron chi connectivity index (χ4n) is 11.7. The number of aryl methyl sites for hydroxylation is 2. The zero-order valence-corrected chi connectivity index (χ0v) is 57.7. The van der Waals surface area contributed by atoms with Gasteiger partial charge in [-0.1, -0.05) is 167 Å². The molecule has 508 valence electrons. The van der Waals surface area contributed by atoms with Crippen LogP contribution < -0.4 is 61.5 Å². The lowest BCUT2D eigenvalue weighted by molar-refractivity contribution is 0.251. The number of urea groups is 4. The monoisotopic (exact) mass is 1280 g/mol. The number of rotatable bonds is 36. The third-order valence-corrected chi connectivity index (χ3v) is 16.8. The number of fused-ring (bicyclic) bond motifs is 8. The molecule has 6 aromatic carbocycles. The van der Waals surface area contributed by atoms with Crippen molar-refractivity contribution in [3.8, 4) is 23.0 Å². The smallest absolute Gasteiger partial charge is 0.323 e. The van der Waals surface area contributed by atoms with Crippen molar-refractivity contribution in [3.63, 3.8) is 0 Å². The summed E-state index contributed by atoms with van der Waals surface area (Å²) in [5, 5.41) is 25.2. The molecule has 0 heterocycles. The summed E-state index contributed by atoms with van der Waals surface area (Å²) in [5.41, 5.74) is 11.9. The minimum absolute atomic E-state index is 0.244. The molecule has 0 atom stereocenters. The van der Waals surface area contributed by atoms with Crippen LogP contribution in [-0.4, -0.2) is 63.6 Å². The van der Waals surface area contributed by atoms with Gasteiger partial charge in [0.2, 0.25) is 0 Å². The van der Waals surface area contributed by atoms with Crippen molar-refractivity contribution >= 4 is 58.2 Å². The summed E-state index contributed by atoms with van der Waals surface area (Å²) >= 11 is 0. The van der Waals surface area contributed by atoms with Gasteiger partial charge in [0.05, 0.1) is 26.4 Å². The van der Waals surface area contributed by atoms with E-state index in [4.69, 9.17) is 18.9 Å². The number of anilines is 6. The van der Waals surface area contributed by atoms with Gasteiger partial charge in [-0.3, -0.25) is 0 Å². The van der Waals surface area contributed by atoms with Crippen LogP contribution in [0.15, 0.2) is 97.1 Å². The molecule has 94 heavy (non-hydrogen) atoms. The van der Waals surface area contributed by atoms with Crippen molar-refractivity contribution < 1.29 is 38.1 Å². The molecule has 0 aromatic heterocycles. The number of benzene rings is 6. The largest absolute Gasteiger partial charge is 0.493 e. The number of hydrogen-bond acceptors (Lipinski definition) is 8. The van der Waals surface area contributed by atoms with E-state index in [2.05, 4.69) is 84.1 Å². The van der Waals surface area contributed by atoms with Gasteiger partial charge in [-0.05, 0) is 125 Å². The molecule has 0 unspecified atom stereocenters. The molecule has 7 rings (SSSR count). The van der Waals surface area contributed by atoms with E-state index in [1.807, 2.05) is 111 Å². The van der Waals surface area contributed by atoms with E-state index in [0.717, 1.165) is 184 Å². The number of amides is 8. The maximum atomic E-state index is 14.3. The second-order valence-corrected chi connectivity index (χ2v) is 25.2. The number of hydrogen-bond donors (Lipinski definition) is 8. The molecule has 6 aromatic rings. The Morgan fingerprint density at radius 2 is 0.511 bits per heavy atom. The first-order chi connectivity index (χ1) is 45.8. The Balaban J connectivity index is 1.55. The van der Waals surface area contributed by atoms with Crippen LogP contribution in [0.2, 0.25) is 0 Å². The minimum Gasteiger partial charge on any atom is -0.493 e. The Kier molecular flexibility index (Phi) is 31.1. The van der Waals surface area contributed by atoms with E-state index < -0.39 is 12.1 Å². The van der Waals surface area contributed by atoms with Crippen LogP contribution in [0, 0.1) is 13.8 Å². The normalized spacial score (nSPS) is 11.7. The molecule has 0 radical (unpaired) electrons. The van der Waals surface area contributed by atoms with Crippen molar-refractivity contribution in [2.45, 2.75) is 209 Å². The highest BCUT2D eigenvalue weighted by molar-refractivity contribution is 6.01. The number of nitrogens with one attached hydrogen (secondary N) is 8. The molecular weight excluding hydrogens is 1180 g/mol. The number of carbonyl (C=O) groups is 4. The van der Waals surface area contributed by atoms with Crippen molar-refractivity contribution in [3.05, 3.63) is 153 Å². The predicted molar refractivity (Wildman–Crippen MR) is 387 cm³/mol. The third kappa shape index (κ3) is 24.2. The Bertz CT molecular complexity index is 3130. The lowest BCUT2D eigenvalue weighted by Crippen LogP contribution is -2.29. The van der Waals surface area contributed by atoms with Gasteiger partial charge in [0, 0.05) is 117 Å². The second-order valence-electron chi connectivity index (χ2n) is 25.2. The number of ether oxygens (including phenoxy) is 4. The van der Waals surface area contributed by atoms with Crippen LogP contribution in [0.25, 0.3) is 0 Å². The topological polar surface area (TPSA) is 201 Å². The average Bonchev–Trinajstić information content (AvgIpc) is 0.781. The molecule has 0 spiro atoms. The first kappa shape index (κ1) is 73.0. The van der Waals surface area contributed by atoms with E-state index >= 15 is 0 Å². The molecule has 1 aliphatic carbocycles. The van der Waals surface area contributed by atoms with Gasteiger partial charge in [0.1, 0.15) is 23.0 Å². The zero-order valence-electron chi connectivity index (χ0n) is 57.7. The summed E-state index contributed by atoms with van der Waals surface area (Å²) in [6, 6.07) is 29.8. The Morgan fingerprint density at radius 1 is 0.287 bits per heavy atom. The lowest BCUT2D eigenvalue weighted by atomic mass is 9.90. The first-order valence-corrected chi connectivity index (χ1v) is 35.3. The Labute approximate surface area is 561 Å². The van der Waals surface area contributed by atoms with Gasteiger partial charge in [0.15, 0.2) is 0 Å².